The van der Waals surface area contributed by atoms with Crippen molar-refractivity contribution in [2.75, 3.05) is 6.54 Å². The van der Waals surface area contributed by atoms with Crippen LogP contribution in [-0.4, -0.2) is 21.5 Å². The van der Waals surface area contributed by atoms with E-state index in [1.165, 1.54) is 18.5 Å². The number of thiazole rings is 1. The Morgan fingerprint density at radius 1 is 1.59 bits per heavy atom. The zero-order chi connectivity index (χ0) is 11.9. The third kappa shape index (κ3) is 1.89. The van der Waals surface area contributed by atoms with Gasteiger partial charge in [-0.3, -0.25) is 4.40 Å². The van der Waals surface area contributed by atoms with Crippen molar-refractivity contribution < 1.29 is 0 Å². The van der Waals surface area contributed by atoms with E-state index in [9.17, 15) is 0 Å². The summed E-state index contributed by atoms with van der Waals surface area (Å²) in [7, 11) is 0. The summed E-state index contributed by atoms with van der Waals surface area (Å²) in [5.41, 5.74) is 1.49. The minimum atomic E-state index is 0.268. The van der Waals surface area contributed by atoms with Gasteiger partial charge in [0.25, 0.3) is 0 Å². The van der Waals surface area contributed by atoms with Gasteiger partial charge in [-0.05, 0) is 25.3 Å². The van der Waals surface area contributed by atoms with Crippen LogP contribution in [0.5, 0.6) is 0 Å². The highest BCUT2D eigenvalue weighted by molar-refractivity contribution is 7.15. The number of hydrogen-bond donors (Lipinski definition) is 1. The van der Waals surface area contributed by atoms with Gasteiger partial charge in [0, 0.05) is 29.7 Å². The van der Waals surface area contributed by atoms with E-state index in [1.54, 1.807) is 11.3 Å². The van der Waals surface area contributed by atoms with E-state index in [0.717, 1.165) is 17.9 Å². The Balaban J connectivity index is 1.87. The van der Waals surface area contributed by atoms with E-state index in [4.69, 9.17) is 4.98 Å². The highest BCUT2D eigenvalue weighted by Gasteiger charge is 2.37. The summed E-state index contributed by atoms with van der Waals surface area (Å²) < 4.78 is 2.13. The lowest BCUT2D eigenvalue weighted by molar-refractivity contribution is 0.267. The van der Waals surface area contributed by atoms with Crippen LogP contribution in [0.3, 0.4) is 0 Å². The second kappa shape index (κ2) is 4.10. The first kappa shape index (κ1) is 11.2. The Morgan fingerprint density at radius 3 is 3.12 bits per heavy atom. The van der Waals surface area contributed by atoms with Crippen LogP contribution >= 0.6 is 11.3 Å². The molecule has 1 aliphatic rings. The zero-order valence-corrected chi connectivity index (χ0v) is 11.3. The first-order valence-corrected chi connectivity index (χ1v) is 7.24. The molecule has 0 aromatic carbocycles. The molecule has 0 spiro atoms. The fourth-order valence-corrected chi connectivity index (χ4v) is 3.58. The van der Waals surface area contributed by atoms with E-state index < -0.39 is 0 Å². The minimum Gasteiger partial charge on any atom is -0.311 e. The molecule has 0 amide bonds. The van der Waals surface area contributed by atoms with Gasteiger partial charge in [0.1, 0.15) is 0 Å². The van der Waals surface area contributed by atoms with Crippen molar-refractivity contribution in [2.45, 2.75) is 38.6 Å². The second-order valence-corrected chi connectivity index (χ2v) is 6.22. The van der Waals surface area contributed by atoms with E-state index in [1.807, 2.05) is 0 Å². The Labute approximate surface area is 106 Å². The molecule has 0 saturated carbocycles. The lowest BCUT2D eigenvalue weighted by Crippen LogP contribution is -2.46. The van der Waals surface area contributed by atoms with Crippen molar-refractivity contribution in [1.82, 2.24) is 14.7 Å². The smallest absolute Gasteiger partial charge is 0.193 e. The number of fused-ring (bicyclic) bond motifs is 1. The largest absolute Gasteiger partial charge is 0.311 e. The highest BCUT2D eigenvalue weighted by Crippen LogP contribution is 2.31. The van der Waals surface area contributed by atoms with Gasteiger partial charge in [0.2, 0.25) is 0 Å². The molecule has 1 N–H and O–H groups in total. The fourth-order valence-electron chi connectivity index (χ4n) is 2.86. The molecule has 1 fully saturated rings. The summed E-state index contributed by atoms with van der Waals surface area (Å²) in [5, 5.41) is 5.79. The van der Waals surface area contributed by atoms with Crippen LogP contribution in [0, 0.1) is 5.92 Å². The van der Waals surface area contributed by atoms with Crippen molar-refractivity contribution in [3.8, 4) is 0 Å². The fraction of sp³-hybridized carbons (Fsp3) is 0.615. The number of aromatic nitrogens is 2. The van der Waals surface area contributed by atoms with Gasteiger partial charge in [-0.2, -0.15) is 0 Å². The van der Waals surface area contributed by atoms with Crippen LogP contribution in [0.25, 0.3) is 4.96 Å². The van der Waals surface area contributed by atoms with Gasteiger partial charge >= 0.3 is 0 Å². The van der Waals surface area contributed by atoms with Crippen LogP contribution in [0.4, 0.5) is 0 Å². The number of imidazole rings is 1. The quantitative estimate of drug-likeness (QED) is 0.906. The lowest BCUT2D eigenvalue weighted by Gasteiger charge is -2.33. The van der Waals surface area contributed by atoms with Crippen LogP contribution in [0.1, 0.15) is 32.4 Å². The Morgan fingerprint density at radius 2 is 2.47 bits per heavy atom. The van der Waals surface area contributed by atoms with E-state index >= 15 is 0 Å². The average molecular weight is 249 g/mol. The molecule has 3 rings (SSSR count). The molecule has 17 heavy (non-hydrogen) atoms. The summed E-state index contributed by atoms with van der Waals surface area (Å²) in [4.78, 5) is 5.81. The summed E-state index contributed by atoms with van der Waals surface area (Å²) in [5.74, 6) is 0.657. The Hall–Kier alpha value is -0.870. The molecule has 1 unspecified atom stereocenters. The zero-order valence-electron chi connectivity index (χ0n) is 10.4. The SMILES string of the molecule is CC(C)C1(Cc2cn3ccsc3n2)CCCN1. The molecule has 1 saturated heterocycles. The summed E-state index contributed by atoms with van der Waals surface area (Å²) in [6, 6.07) is 0. The van der Waals surface area contributed by atoms with Crippen molar-refractivity contribution in [1.29, 1.82) is 0 Å². The number of rotatable bonds is 3. The molecule has 0 aliphatic carbocycles. The molecular weight excluding hydrogens is 230 g/mol. The molecule has 1 aliphatic heterocycles. The highest BCUT2D eigenvalue weighted by atomic mass is 32.1. The third-order valence-corrected chi connectivity index (χ3v) is 4.79. The van der Waals surface area contributed by atoms with Gasteiger partial charge in [0.15, 0.2) is 4.96 Å². The molecule has 3 nitrogen and oxygen atoms in total. The van der Waals surface area contributed by atoms with Crippen molar-refractivity contribution in [3.05, 3.63) is 23.5 Å². The van der Waals surface area contributed by atoms with Gasteiger partial charge in [-0.1, -0.05) is 13.8 Å². The van der Waals surface area contributed by atoms with Crippen LogP contribution < -0.4 is 5.32 Å². The predicted molar refractivity (Wildman–Crippen MR) is 71.6 cm³/mol. The molecule has 2 aromatic heterocycles. The summed E-state index contributed by atoms with van der Waals surface area (Å²) >= 11 is 1.70. The predicted octanol–water partition coefficient (Wildman–Crippen LogP) is 2.72. The second-order valence-electron chi connectivity index (χ2n) is 5.34. The van der Waals surface area contributed by atoms with E-state index in [0.29, 0.717) is 5.92 Å². The molecule has 0 radical (unpaired) electrons. The maximum absolute atomic E-state index is 4.71. The molecular formula is C13H19N3S. The van der Waals surface area contributed by atoms with Crippen LogP contribution in [0.2, 0.25) is 0 Å². The van der Waals surface area contributed by atoms with Crippen LogP contribution in [0.15, 0.2) is 17.8 Å². The van der Waals surface area contributed by atoms with E-state index in [2.05, 4.69) is 41.3 Å². The molecule has 3 heterocycles. The first-order chi connectivity index (χ1) is 8.20. The van der Waals surface area contributed by atoms with Crippen molar-refractivity contribution in [3.63, 3.8) is 0 Å². The van der Waals surface area contributed by atoms with Crippen LogP contribution in [-0.2, 0) is 6.42 Å². The monoisotopic (exact) mass is 249 g/mol. The molecule has 2 aromatic rings. The van der Waals surface area contributed by atoms with Crippen molar-refractivity contribution >= 4 is 16.3 Å². The summed E-state index contributed by atoms with van der Waals surface area (Å²) in [6.45, 7) is 5.79. The molecule has 4 heteroatoms. The number of nitrogens with one attached hydrogen (secondary N) is 1. The first-order valence-electron chi connectivity index (χ1n) is 6.36. The standard InChI is InChI=1S/C13H19N3S/c1-10(2)13(4-3-5-14-13)8-11-9-16-6-7-17-12(16)15-11/h6-7,9-10,14H,3-5,8H2,1-2H3. The van der Waals surface area contributed by atoms with Gasteiger partial charge in [0.05, 0.1) is 5.69 Å². The number of nitrogens with zero attached hydrogens (tertiary/aromatic N) is 2. The third-order valence-electron chi connectivity index (χ3n) is 4.02. The maximum atomic E-state index is 4.71. The summed E-state index contributed by atoms with van der Waals surface area (Å²) in [6.07, 6.45) is 7.88. The van der Waals surface area contributed by atoms with Crippen molar-refractivity contribution in [2.24, 2.45) is 5.92 Å². The normalized spacial score (nSPS) is 25.1. The van der Waals surface area contributed by atoms with Gasteiger partial charge in [-0.25, -0.2) is 4.98 Å². The molecule has 1 atom stereocenters. The number of hydrogen-bond acceptors (Lipinski definition) is 3. The Bertz CT molecular complexity index is 477. The Kier molecular flexibility index (Phi) is 2.71. The maximum Gasteiger partial charge on any atom is 0.193 e. The topological polar surface area (TPSA) is 29.3 Å². The van der Waals surface area contributed by atoms with E-state index in [-0.39, 0.29) is 5.54 Å². The van der Waals surface area contributed by atoms with Gasteiger partial charge < -0.3 is 5.32 Å². The lowest BCUT2D eigenvalue weighted by atomic mass is 9.81. The molecule has 0 bridgehead atoms. The minimum absolute atomic E-state index is 0.268. The molecule has 92 valence electrons. The van der Waals surface area contributed by atoms with Gasteiger partial charge in [-0.15, -0.1) is 11.3 Å². The average Bonchev–Trinajstić information content (AvgIpc) is 2.92.